The van der Waals surface area contributed by atoms with Gasteiger partial charge in [0, 0.05) is 32.2 Å². The fraction of sp³-hybridized carbons (Fsp3) is 0.900. The maximum Gasteiger partial charge on any atom is 0.304 e. The molecule has 0 aromatic rings. The molecule has 14 heavy (non-hydrogen) atoms. The Morgan fingerprint density at radius 2 is 2.21 bits per heavy atom. The van der Waals surface area contributed by atoms with Crippen LogP contribution in [0.25, 0.3) is 0 Å². The number of aliphatic hydroxyl groups is 1. The number of rotatable bonds is 4. The van der Waals surface area contributed by atoms with Crippen LogP contribution in [0.15, 0.2) is 0 Å². The molecule has 1 aliphatic heterocycles. The van der Waals surface area contributed by atoms with E-state index in [-0.39, 0.29) is 24.4 Å². The molecule has 0 aliphatic carbocycles. The summed E-state index contributed by atoms with van der Waals surface area (Å²) in [7, 11) is 0. The van der Waals surface area contributed by atoms with E-state index in [1.165, 1.54) is 0 Å². The van der Waals surface area contributed by atoms with Crippen LogP contribution in [0.4, 0.5) is 0 Å². The summed E-state index contributed by atoms with van der Waals surface area (Å²) in [5.41, 5.74) is 0.104. The number of carboxylic acid groups (broad SMARTS) is 1. The van der Waals surface area contributed by atoms with Gasteiger partial charge in [-0.05, 0) is 5.41 Å². The number of likely N-dealkylation sites (tertiary alicyclic amines) is 1. The van der Waals surface area contributed by atoms with Crippen molar-refractivity contribution >= 4 is 5.97 Å². The molecule has 0 amide bonds. The van der Waals surface area contributed by atoms with Crippen LogP contribution in [0.2, 0.25) is 0 Å². The summed E-state index contributed by atoms with van der Waals surface area (Å²) in [4.78, 5) is 12.5. The molecule has 1 aliphatic rings. The minimum atomic E-state index is -0.754. The molecule has 0 aromatic carbocycles. The second-order valence-electron chi connectivity index (χ2n) is 4.75. The van der Waals surface area contributed by atoms with Gasteiger partial charge in [0.05, 0.1) is 6.42 Å². The minimum absolute atomic E-state index is 0.104. The molecular weight excluding hydrogens is 182 g/mol. The Morgan fingerprint density at radius 3 is 2.64 bits per heavy atom. The average molecular weight is 201 g/mol. The van der Waals surface area contributed by atoms with Gasteiger partial charge in [-0.25, -0.2) is 0 Å². The van der Waals surface area contributed by atoms with Crippen LogP contribution in [0.3, 0.4) is 0 Å². The molecule has 1 saturated heterocycles. The Labute approximate surface area is 84.5 Å². The first-order valence-electron chi connectivity index (χ1n) is 5.00. The largest absolute Gasteiger partial charge is 0.481 e. The number of carboxylic acids is 1. The topological polar surface area (TPSA) is 60.8 Å². The van der Waals surface area contributed by atoms with E-state index in [4.69, 9.17) is 10.2 Å². The molecule has 0 radical (unpaired) electrons. The molecule has 4 heteroatoms. The highest BCUT2D eigenvalue weighted by atomic mass is 16.4. The van der Waals surface area contributed by atoms with Gasteiger partial charge in [0.15, 0.2) is 0 Å². The third kappa shape index (κ3) is 2.69. The SMILES string of the molecule is CC1(C)CN(CCC(=O)O)C[C@H]1CO. The number of aliphatic hydroxyl groups excluding tert-OH is 1. The first-order valence-corrected chi connectivity index (χ1v) is 5.00. The van der Waals surface area contributed by atoms with E-state index >= 15 is 0 Å². The fourth-order valence-corrected chi connectivity index (χ4v) is 2.06. The molecule has 1 heterocycles. The Kier molecular flexibility index (Phi) is 3.50. The number of hydrogen-bond acceptors (Lipinski definition) is 3. The molecule has 1 fully saturated rings. The van der Waals surface area contributed by atoms with Crippen molar-refractivity contribution in [3.8, 4) is 0 Å². The lowest BCUT2D eigenvalue weighted by molar-refractivity contribution is -0.137. The van der Waals surface area contributed by atoms with Crippen LogP contribution in [-0.4, -0.2) is 47.3 Å². The number of aliphatic carboxylic acids is 1. The van der Waals surface area contributed by atoms with Gasteiger partial charge in [-0.3, -0.25) is 4.79 Å². The third-order valence-corrected chi connectivity index (χ3v) is 3.08. The fourth-order valence-electron chi connectivity index (χ4n) is 2.06. The lowest BCUT2D eigenvalue weighted by Crippen LogP contribution is -2.26. The molecular formula is C10H19NO3. The summed E-state index contributed by atoms with van der Waals surface area (Å²) in [5.74, 6) is -0.480. The zero-order valence-corrected chi connectivity index (χ0v) is 8.86. The highest BCUT2D eigenvalue weighted by molar-refractivity contribution is 5.66. The van der Waals surface area contributed by atoms with Gasteiger partial charge in [-0.1, -0.05) is 13.8 Å². The van der Waals surface area contributed by atoms with Gasteiger partial charge in [0.25, 0.3) is 0 Å². The monoisotopic (exact) mass is 201 g/mol. The highest BCUT2D eigenvalue weighted by Gasteiger charge is 2.38. The Morgan fingerprint density at radius 1 is 1.57 bits per heavy atom. The third-order valence-electron chi connectivity index (χ3n) is 3.08. The van der Waals surface area contributed by atoms with E-state index in [1.54, 1.807) is 0 Å². The predicted molar refractivity (Wildman–Crippen MR) is 53.0 cm³/mol. The van der Waals surface area contributed by atoms with Crippen LogP contribution < -0.4 is 0 Å². The molecule has 0 unspecified atom stereocenters. The van der Waals surface area contributed by atoms with Crippen molar-refractivity contribution in [3.05, 3.63) is 0 Å². The van der Waals surface area contributed by atoms with Crippen molar-refractivity contribution in [2.24, 2.45) is 11.3 Å². The summed E-state index contributed by atoms with van der Waals surface area (Å²) >= 11 is 0. The van der Waals surface area contributed by atoms with Gasteiger partial charge in [0.2, 0.25) is 0 Å². The normalized spacial score (nSPS) is 26.6. The van der Waals surface area contributed by atoms with E-state index in [9.17, 15) is 4.79 Å². The Balaban J connectivity index is 2.42. The molecule has 0 aromatic heterocycles. The smallest absolute Gasteiger partial charge is 0.304 e. The lowest BCUT2D eigenvalue weighted by Gasteiger charge is -2.23. The molecule has 82 valence electrons. The van der Waals surface area contributed by atoms with E-state index < -0.39 is 5.97 Å². The summed E-state index contributed by atoms with van der Waals surface area (Å²) in [5, 5.41) is 17.7. The van der Waals surface area contributed by atoms with Crippen molar-refractivity contribution in [2.45, 2.75) is 20.3 Å². The standard InChI is InChI=1S/C10H19NO3/c1-10(2)7-11(4-3-9(13)14)5-8(10)6-12/h8,12H,3-7H2,1-2H3,(H,13,14)/t8-/m0/s1. The second-order valence-corrected chi connectivity index (χ2v) is 4.75. The number of carbonyl (C=O) groups is 1. The highest BCUT2D eigenvalue weighted by Crippen LogP contribution is 2.34. The first kappa shape index (κ1) is 11.5. The quantitative estimate of drug-likeness (QED) is 0.691. The van der Waals surface area contributed by atoms with E-state index in [1.807, 2.05) is 0 Å². The predicted octanol–water partition coefficient (Wildman–Crippen LogP) is 0.411. The maximum atomic E-state index is 10.4. The number of hydrogen-bond donors (Lipinski definition) is 2. The van der Waals surface area contributed by atoms with E-state index in [2.05, 4.69) is 18.7 Å². The minimum Gasteiger partial charge on any atom is -0.481 e. The maximum absolute atomic E-state index is 10.4. The van der Waals surface area contributed by atoms with Crippen LogP contribution in [0.1, 0.15) is 20.3 Å². The Bertz CT molecular complexity index is 215. The second kappa shape index (κ2) is 4.28. The Hall–Kier alpha value is -0.610. The van der Waals surface area contributed by atoms with Gasteiger partial charge < -0.3 is 15.1 Å². The van der Waals surface area contributed by atoms with Crippen molar-refractivity contribution in [1.29, 1.82) is 0 Å². The van der Waals surface area contributed by atoms with Gasteiger partial charge >= 0.3 is 5.97 Å². The summed E-state index contributed by atoms with van der Waals surface area (Å²) in [6.45, 7) is 6.72. The van der Waals surface area contributed by atoms with Crippen LogP contribution in [0.5, 0.6) is 0 Å². The summed E-state index contributed by atoms with van der Waals surface area (Å²) in [6.07, 6.45) is 0.189. The molecule has 1 atom stereocenters. The molecule has 1 rings (SSSR count). The van der Waals surface area contributed by atoms with Crippen molar-refractivity contribution < 1.29 is 15.0 Å². The van der Waals surface area contributed by atoms with E-state index in [0.717, 1.165) is 13.1 Å². The molecule has 0 bridgehead atoms. The lowest BCUT2D eigenvalue weighted by atomic mass is 9.83. The van der Waals surface area contributed by atoms with Crippen LogP contribution >= 0.6 is 0 Å². The van der Waals surface area contributed by atoms with Crippen molar-refractivity contribution in [1.82, 2.24) is 4.90 Å². The first-order chi connectivity index (χ1) is 6.45. The summed E-state index contributed by atoms with van der Waals surface area (Å²) in [6, 6.07) is 0. The van der Waals surface area contributed by atoms with Gasteiger partial charge in [-0.2, -0.15) is 0 Å². The van der Waals surface area contributed by atoms with Gasteiger partial charge in [-0.15, -0.1) is 0 Å². The molecule has 2 N–H and O–H groups in total. The van der Waals surface area contributed by atoms with Crippen LogP contribution in [-0.2, 0) is 4.79 Å². The molecule has 4 nitrogen and oxygen atoms in total. The van der Waals surface area contributed by atoms with Crippen molar-refractivity contribution in [3.63, 3.8) is 0 Å². The number of nitrogens with zero attached hydrogens (tertiary/aromatic N) is 1. The van der Waals surface area contributed by atoms with Gasteiger partial charge in [0.1, 0.15) is 0 Å². The zero-order valence-electron chi connectivity index (χ0n) is 8.86. The average Bonchev–Trinajstić information content (AvgIpc) is 2.37. The zero-order chi connectivity index (χ0) is 10.8. The van der Waals surface area contributed by atoms with Crippen molar-refractivity contribution in [2.75, 3.05) is 26.2 Å². The van der Waals surface area contributed by atoms with E-state index in [0.29, 0.717) is 6.54 Å². The molecule has 0 spiro atoms. The van der Waals surface area contributed by atoms with Crippen LogP contribution in [0, 0.1) is 11.3 Å². The molecule has 0 saturated carbocycles. The summed E-state index contributed by atoms with van der Waals surface area (Å²) < 4.78 is 0.